The minimum absolute atomic E-state index is 0.0278. The molecule has 0 amide bonds. The molecule has 0 spiro atoms. The minimum Gasteiger partial charge on any atom is -0.378 e. The van der Waals surface area contributed by atoms with Gasteiger partial charge < -0.3 is 5.32 Å². The first-order valence-electron chi connectivity index (χ1n) is 5.59. The van der Waals surface area contributed by atoms with Gasteiger partial charge in [0.05, 0.1) is 12.2 Å². The molecule has 1 aromatic carbocycles. The topological polar surface area (TPSA) is 24.9 Å². The van der Waals surface area contributed by atoms with E-state index in [1.807, 2.05) is 32.0 Å². The average Bonchev–Trinajstić information content (AvgIpc) is 2.29. The summed E-state index contributed by atoms with van der Waals surface area (Å²) >= 11 is 0. The van der Waals surface area contributed by atoms with Crippen molar-refractivity contribution in [3.63, 3.8) is 0 Å². The van der Waals surface area contributed by atoms with Gasteiger partial charge in [0.1, 0.15) is 5.82 Å². The van der Waals surface area contributed by atoms with Crippen molar-refractivity contribution < 1.29 is 4.39 Å². The zero-order valence-corrected chi connectivity index (χ0v) is 9.94. The predicted octanol–water partition coefficient (Wildman–Crippen LogP) is 3.70. The van der Waals surface area contributed by atoms with Crippen LogP contribution in [0.4, 0.5) is 10.1 Å². The summed E-state index contributed by atoms with van der Waals surface area (Å²) in [6.45, 7) is 4.03. The maximum Gasteiger partial charge on any atom is 0.141 e. The summed E-state index contributed by atoms with van der Waals surface area (Å²) in [5, 5.41) is 3.32. The molecule has 17 heavy (non-hydrogen) atoms. The van der Waals surface area contributed by atoms with Crippen molar-refractivity contribution in [1.82, 2.24) is 4.98 Å². The SMILES string of the molecule is Cc1cccc(NC(C)c2cncc(F)c2)c1. The van der Waals surface area contributed by atoms with E-state index in [1.165, 1.54) is 17.8 Å². The molecule has 0 radical (unpaired) electrons. The molecule has 0 saturated carbocycles. The summed E-state index contributed by atoms with van der Waals surface area (Å²) in [5.41, 5.74) is 3.06. The van der Waals surface area contributed by atoms with Crippen LogP contribution in [0.1, 0.15) is 24.1 Å². The minimum atomic E-state index is -0.305. The number of anilines is 1. The zero-order chi connectivity index (χ0) is 12.3. The molecule has 88 valence electrons. The standard InChI is InChI=1S/C14H15FN2/c1-10-4-3-5-14(6-10)17-11(2)12-7-13(15)9-16-8-12/h3-9,11,17H,1-2H3. The molecule has 0 bridgehead atoms. The van der Waals surface area contributed by atoms with Gasteiger partial charge in [-0.3, -0.25) is 4.98 Å². The van der Waals surface area contributed by atoms with Crippen LogP contribution in [-0.4, -0.2) is 4.98 Å². The van der Waals surface area contributed by atoms with E-state index >= 15 is 0 Å². The summed E-state index contributed by atoms with van der Waals surface area (Å²) in [6.07, 6.45) is 2.89. The predicted molar refractivity (Wildman–Crippen MR) is 67.4 cm³/mol. The van der Waals surface area contributed by atoms with Gasteiger partial charge in [0.2, 0.25) is 0 Å². The molecule has 2 nitrogen and oxygen atoms in total. The number of aryl methyl sites for hydroxylation is 1. The summed E-state index contributed by atoms with van der Waals surface area (Å²) in [7, 11) is 0. The lowest BCUT2D eigenvalue weighted by atomic mass is 10.1. The summed E-state index contributed by atoms with van der Waals surface area (Å²) in [5.74, 6) is -0.305. The van der Waals surface area contributed by atoms with E-state index in [0.29, 0.717) is 0 Å². The van der Waals surface area contributed by atoms with E-state index in [2.05, 4.69) is 16.4 Å². The summed E-state index contributed by atoms with van der Waals surface area (Å²) in [6, 6.07) is 9.62. The number of benzene rings is 1. The molecule has 2 rings (SSSR count). The van der Waals surface area contributed by atoms with E-state index in [0.717, 1.165) is 11.3 Å². The van der Waals surface area contributed by atoms with Crippen LogP contribution in [0, 0.1) is 12.7 Å². The average molecular weight is 230 g/mol. The summed E-state index contributed by atoms with van der Waals surface area (Å²) in [4.78, 5) is 3.85. The Morgan fingerprint density at radius 3 is 2.76 bits per heavy atom. The first kappa shape index (κ1) is 11.6. The maximum absolute atomic E-state index is 13.0. The smallest absolute Gasteiger partial charge is 0.141 e. The van der Waals surface area contributed by atoms with Gasteiger partial charge in [-0.05, 0) is 43.2 Å². The molecular weight excluding hydrogens is 215 g/mol. The lowest BCUT2D eigenvalue weighted by Crippen LogP contribution is -2.07. The van der Waals surface area contributed by atoms with Gasteiger partial charge in [0, 0.05) is 11.9 Å². The van der Waals surface area contributed by atoms with E-state index in [9.17, 15) is 4.39 Å². The quantitative estimate of drug-likeness (QED) is 0.869. The number of pyridine rings is 1. The molecular formula is C14H15FN2. The second-order valence-corrected chi connectivity index (χ2v) is 4.17. The van der Waals surface area contributed by atoms with Crippen molar-refractivity contribution in [2.45, 2.75) is 19.9 Å². The Bertz CT molecular complexity index is 511. The Labute approximate surface area is 101 Å². The van der Waals surface area contributed by atoms with E-state index < -0.39 is 0 Å². The number of aromatic nitrogens is 1. The molecule has 3 heteroatoms. The Kier molecular flexibility index (Phi) is 3.38. The van der Waals surface area contributed by atoms with E-state index in [4.69, 9.17) is 0 Å². The second-order valence-electron chi connectivity index (χ2n) is 4.17. The van der Waals surface area contributed by atoms with Gasteiger partial charge >= 0.3 is 0 Å². The largest absolute Gasteiger partial charge is 0.378 e. The molecule has 1 unspecified atom stereocenters. The van der Waals surface area contributed by atoms with Crippen LogP contribution in [0.15, 0.2) is 42.7 Å². The molecule has 2 aromatic rings. The molecule has 0 aliphatic heterocycles. The number of hydrogen-bond acceptors (Lipinski definition) is 2. The van der Waals surface area contributed by atoms with Gasteiger partial charge in [0.25, 0.3) is 0 Å². The van der Waals surface area contributed by atoms with Crippen molar-refractivity contribution in [2.75, 3.05) is 5.32 Å². The number of rotatable bonds is 3. The maximum atomic E-state index is 13.0. The third-order valence-electron chi connectivity index (χ3n) is 2.63. The second kappa shape index (κ2) is 4.95. The van der Waals surface area contributed by atoms with Crippen LogP contribution >= 0.6 is 0 Å². The number of hydrogen-bond donors (Lipinski definition) is 1. The normalized spacial score (nSPS) is 12.2. The fourth-order valence-corrected chi connectivity index (χ4v) is 1.73. The van der Waals surface area contributed by atoms with Gasteiger partial charge in [-0.25, -0.2) is 4.39 Å². The third-order valence-corrected chi connectivity index (χ3v) is 2.63. The molecule has 1 N–H and O–H groups in total. The highest BCUT2D eigenvalue weighted by Crippen LogP contribution is 2.19. The van der Waals surface area contributed by atoms with Crippen molar-refractivity contribution in [1.29, 1.82) is 0 Å². The molecule has 0 fully saturated rings. The van der Waals surface area contributed by atoms with Crippen LogP contribution in [-0.2, 0) is 0 Å². The first-order valence-corrected chi connectivity index (χ1v) is 5.59. The van der Waals surface area contributed by atoms with Crippen LogP contribution < -0.4 is 5.32 Å². The molecule has 0 aliphatic rings. The van der Waals surface area contributed by atoms with Crippen molar-refractivity contribution >= 4 is 5.69 Å². The molecule has 1 atom stereocenters. The zero-order valence-electron chi connectivity index (χ0n) is 9.94. The van der Waals surface area contributed by atoms with Gasteiger partial charge in [0.15, 0.2) is 0 Å². The molecule has 0 saturated heterocycles. The monoisotopic (exact) mass is 230 g/mol. The Morgan fingerprint density at radius 1 is 1.24 bits per heavy atom. The molecule has 1 aromatic heterocycles. The molecule has 1 heterocycles. The number of nitrogens with zero attached hydrogens (tertiary/aromatic N) is 1. The van der Waals surface area contributed by atoms with Gasteiger partial charge in [-0.15, -0.1) is 0 Å². The van der Waals surface area contributed by atoms with Gasteiger partial charge in [-0.1, -0.05) is 12.1 Å². The first-order chi connectivity index (χ1) is 8.15. The van der Waals surface area contributed by atoms with E-state index in [1.54, 1.807) is 6.20 Å². The fraction of sp³-hybridized carbons (Fsp3) is 0.214. The van der Waals surface area contributed by atoms with Crippen LogP contribution in [0.25, 0.3) is 0 Å². The van der Waals surface area contributed by atoms with Crippen molar-refractivity contribution in [3.05, 3.63) is 59.7 Å². The fourth-order valence-electron chi connectivity index (χ4n) is 1.73. The van der Waals surface area contributed by atoms with Crippen LogP contribution in [0.5, 0.6) is 0 Å². The highest BCUT2D eigenvalue weighted by atomic mass is 19.1. The Balaban J connectivity index is 2.14. The highest BCUT2D eigenvalue weighted by molar-refractivity contribution is 5.47. The van der Waals surface area contributed by atoms with E-state index in [-0.39, 0.29) is 11.9 Å². The van der Waals surface area contributed by atoms with Gasteiger partial charge in [-0.2, -0.15) is 0 Å². The summed E-state index contributed by atoms with van der Waals surface area (Å²) < 4.78 is 13.0. The van der Waals surface area contributed by atoms with Crippen LogP contribution in [0.2, 0.25) is 0 Å². The van der Waals surface area contributed by atoms with Crippen molar-refractivity contribution in [2.24, 2.45) is 0 Å². The Hall–Kier alpha value is -1.90. The number of halogens is 1. The van der Waals surface area contributed by atoms with Crippen LogP contribution in [0.3, 0.4) is 0 Å². The lowest BCUT2D eigenvalue weighted by Gasteiger charge is -2.15. The highest BCUT2D eigenvalue weighted by Gasteiger charge is 2.06. The third kappa shape index (κ3) is 3.03. The Morgan fingerprint density at radius 2 is 2.06 bits per heavy atom. The van der Waals surface area contributed by atoms with Crippen molar-refractivity contribution in [3.8, 4) is 0 Å². The molecule has 0 aliphatic carbocycles. The lowest BCUT2D eigenvalue weighted by molar-refractivity contribution is 0.616. The number of nitrogens with one attached hydrogen (secondary N) is 1.